The van der Waals surface area contributed by atoms with Gasteiger partial charge in [0.2, 0.25) is 5.76 Å². The zero-order chi connectivity index (χ0) is 14.0. The van der Waals surface area contributed by atoms with Gasteiger partial charge in [-0.05, 0) is 20.3 Å². The van der Waals surface area contributed by atoms with Crippen LogP contribution in [0.3, 0.4) is 0 Å². The number of rotatable bonds is 8. The third-order valence-electron chi connectivity index (χ3n) is 2.36. The summed E-state index contributed by atoms with van der Waals surface area (Å²) in [7, 11) is 0. The summed E-state index contributed by atoms with van der Waals surface area (Å²) in [5.41, 5.74) is -0.121. The van der Waals surface area contributed by atoms with Crippen LogP contribution in [0, 0.1) is 0 Å². The van der Waals surface area contributed by atoms with Gasteiger partial charge in [0, 0.05) is 17.1 Å². The summed E-state index contributed by atoms with van der Waals surface area (Å²) in [5, 5.41) is 9.43. The van der Waals surface area contributed by atoms with Gasteiger partial charge in [0.25, 0.3) is 0 Å². The fourth-order valence-corrected chi connectivity index (χ4v) is 1.25. The van der Waals surface area contributed by atoms with Crippen molar-refractivity contribution < 1.29 is 41.2 Å². The topological polar surface area (TPSA) is 72.8 Å². The van der Waals surface area contributed by atoms with Crippen molar-refractivity contribution in [3.05, 3.63) is 11.3 Å². The smallest absolute Gasteiger partial charge is 0.373 e. The molecule has 0 aromatic carbocycles. The molecule has 0 heterocycles. The van der Waals surface area contributed by atoms with E-state index in [1.54, 1.807) is 6.92 Å². The molecule has 0 atom stereocenters. The minimum Gasteiger partial charge on any atom is -0.501 e. The van der Waals surface area contributed by atoms with Crippen molar-refractivity contribution in [2.45, 2.75) is 46.5 Å². The molecule has 0 amide bonds. The standard InChI is InChI=1S/C13H22O5.Cu/c1-4-6-7-8-9-18-12(15)10(3)11(14)13(16)17-5-2;/h14H,4-9H2,1-3H3;/b11-10-;. The van der Waals surface area contributed by atoms with Crippen molar-refractivity contribution in [1.29, 1.82) is 0 Å². The van der Waals surface area contributed by atoms with Gasteiger partial charge in [0.15, 0.2) is 0 Å². The van der Waals surface area contributed by atoms with Crippen molar-refractivity contribution in [1.82, 2.24) is 0 Å². The number of esters is 2. The molecule has 6 heteroatoms. The van der Waals surface area contributed by atoms with E-state index >= 15 is 0 Å². The van der Waals surface area contributed by atoms with Gasteiger partial charge in [-0.2, -0.15) is 0 Å². The van der Waals surface area contributed by atoms with E-state index in [9.17, 15) is 14.7 Å². The Morgan fingerprint density at radius 3 is 2.16 bits per heavy atom. The van der Waals surface area contributed by atoms with Crippen molar-refractivity contribution in [2.75, 3.05) is 13.2 Å². The number of aliphatic hydroxyl groups is 1. The Bertz CT molecular complexity index is 312. The Kier molecular flexibility index (Phi) is 12.9. The van der Waals surface area contributed by atoms with Crippen molar-refractivity contribution in [3.63, 3.8) is 0 Å². The quantitative estimate of drug-likeness (QED) is 0.244. The van der Waals surface area contributed by atoms with Crippen molar-refractivity contribution in [2.24, 2.45) is 0 Å². The Hall–Kier alpha value is -1.00. The van der Waals surface area contributed by atoms with E-state index in [4.69, 9.17) is 4.74 Å². The summed E-state index contributed by atoms with van der Waals surface area (Å²) in [5.74, 6) is -2.27. The molecule has 0 aliphatic carbocycles. The van der Waals surface area contributed by atoms with E-state index in [1.807, 2.05) is 0 Å². The molecule has 0 fully saturated rings. The van der Waals surface area contributed by atoms with Crippen LogP contribution in [0.2, 0.25) is 0 Å². The summed E-state index contributed by atoms with van der Waals surface area (Å²) in [6, 6.07) is 0. The summed E-state index contributed by atoms with van der Waals surface area (Å²) in [6.45, 7) is 5.48. The van der Waals surface area contributed by atoms with Crippen LogP contribution in [-0.4, -0.2) is 30.3 Å². The SMILES string of the molecule is CCCCCCOC(=O)/C(C)=C(\O)C(=O)OCC.[Cu]. The number of aliphatic hydroxyl groups excluding tert-OH is 1. The number of carbonyl (C=O) groups excluding carboxylic acids is 2. The minimum atomic E-state index is -0.905. The van der Waals surface area contributed by atoms with Crippen LogP contribution in [0.5, 0.6) is 0 Å². The van der Waals surface area contributed by atoms with Gasteiger partial charge in [-0.15, -0.1) is 0 Å². The molecule has 0 saturated heterocycles. The van der Waals surface area contributed by atoms with E-state index in [0.29, 0.717) is 6.61 Å². The van der Waals surface area contributed by atoms with Crippen LogP contribution in [0.4, 0.5) is 0 Å². The third kappa shape index (κ3) is 8.67. The number of ether oxygens (including phenoxy) is 2. The van der Waals surface area contributed by atoms with Gasteiger partial charge in [0.1, 0.15) is 0 Å². The number of unbranched alkanes of at least 4 members (excludes halogenated alkanes) is 3. The van der Waals surface area contributed by atoms with E-state index in [1.165, 1.54) is 6.92 Å². The first-order valence-electron chi connectivity index (χ1n) is 6.28. The molecular weight excluding hydrogens is 300 g/mol. The molecule has 0 aromatic rings. The molecule has 0 aromatic heterocycles. The molecule has 0 bridgehead atoms. The first-order chi connectivity index (χ1) is 8.54. The Balaban J connectivity index is 0. The molecule has 0 saturated carbocycles. The van der Waals surface area contributed by atoms with Crippen LogP contribution in [0.1, 0.15) is 46.5 Å². The van der Waals surface area contributed by atoms with Gasteiger partial charge in [-0.1, -0.05) is 26.2 Å². The predicted molar refractivity (Wildman–Crippen MR) is 67.1 cm³/mol. The monoisotopic (exact) mass is 321 g/mol. The molecule has 0 aliphatic rings. The van der Waals surface area contributed by atoms with Gasteiger partial charge in [-0.3, -0.25) is 0 Å². The summed E-state index contributed by atoms with van der Waals surface area (Å²) in [4.78, 5) is 22.6. The first-order valence-corrected chi connectivity index (χ1v) is 6.28. The van der Waals surface area contributed by atoms with E-state index in [2.05, 4.69) is 11.7 Å². The maximum Gasteiger partial charge on any atom is 0.373 e. The second kappa shape index (κ2) is 12.1. The molecule has 0 rings (SSSR count). The average molecular weight is 322 g/mol. The molecule has 0 unspecified atom stereocenters. The van der Waals surface area contributed by atoms with Crippen LogP contribution < -0.4 is 0 Å². The Labute approximate surface area is 124 Å². The Morgan fingerprint density at radius 2 is 1.63 bits per heavy atom. The molecule has 1 radical (unpaired) electrons. The van der Waals surface area contributed by atoms with Crippen LogP contribution in [0.15, 0.2) is 11.3 Å². The fraction of sp³-hybridized carbons (Fsp3) is 0.692. The normalized spacial score (nSPS) is 11.1. The zero-order valence-corrected chi connectivity index (χ0v) is 12.6. The minimum absolute atomic E-state index is 0. The van der Waals surface area contributed by atoms with Gasteiger partial charge >= 0.3 is 11.9 Å². The average Bonchev–Trinajstić information content (AvgIpc) is 2.36. The van der Waals surface area contributed by atoms with Crippen molar-refractivity contribution in [3.8, 4) is 0 Å². The van der Waals surface area contributed by atoms with Crippen molar-refractivity contribution >= 4 is 11.9 Å². The van der Waals surface area contributed by atoms with E-state index in [0.717, 1.165) is 25.7 Å². The number of carbonyl (C=O) groups is 2. The predicted octanol–water partition coefficient (Wildman–Crippen LogP) is 2.50. The summed E-state index contributed by atoms with van der Waals surface area (Å²) < 4.78 is 9.51. The molecule has 0 spiro atoms. The summed E-state index contributed by atoms with van der Waals surface area (Å²) >= 11 is 0. The second-order valence-electron chi connectivity index (χ2n) is 3.89. The maximum absolute atomic E-state index is 11.5. The summed E-state index contributed by atoms with van der Waals surface area (Å²) in [6.07, 6.45) is 3.99. The second-order valence-corrected chi connectivity index (χ2v) is 3.89. The molecule has 19 heavy (non-hydrogen) atoms. The molecule has 5 nitrogen and oxygen atoms in total. The number of hydrogen-bond acceptors (Lipinski definition) is 5. The zero-order valence-electron chi connectivity index (χ0n) is 11.6. The van der Waals surface area contributed by atoms with Crippen LogP contribution in [0.25, 0.3) is 0 Å². The first kappa shape index (κ1) is 20.3. The fourth-order valence-electron chi connectivity index (χ4n) is 1.25. The van der Waals surface area contributed by atoms with Gasteiger partial charge in [0.05, 0.1) is 18.8 Å². The van der Waals surface area contributed by atoms with E-state index < -0.39 is 17.7 Å². The maximum atomic E-state index is 11.5. The molecular formula is C13H22CuO5. The van der Waals surface area contributed by atoms with E-state index in [-0.39, 0.29) is 29.2 Å². The number of hydrogen-bond donors (Lipinski definition) is 1. The van der Waals surface area contributed by atoms with Gasteiger partial charge < -0.3 is 14.6 Å². The molecule has 0 aliphatic heterocycles. The third-order valence-corrected chi connectivity index (χ3v) is 2.36. The van der Waals surface area contributed by atoms with Crippen LogP contribution in [-0.2, 0) is 36.1 Å². The van der Waals surface area contributed by atoms with Gasteiger partial charge in [-0.25, -0.2) is 9.59 Å². The largest absolute Gasteiger partial charge is 0.501 e. The molecule has 1 N–H and O–H groups in total. The molecule has 115 valence electrons. The van der Waals surface area contributed by atoms with Crippen LogP contribution >= 0.6 is 0 Å². The Morgan fingerprint density at radius 1 is 1.00 bits per heavy atom.